The zero-order chi connectivity index (χ0) is 22.1. The van der Waals surface area contributed by atoms with Crippen LogP contribution >= 0.6 is 22.9 Å². The van der Waals surface area contributed by atoms with Crippen LogP contribution in [0.5, 0.6) is 17.2 Å². The molecule has 0 aliphatic carbocycles. The smallest absolute Gasteiger partial charge is 0.206 e. The topological polar surface area (TPSA) is 49.8 Å². The highest BCUT2D eigenvalue weighted by molar-refractivity contribution is 7.21. The minimum absolute atomic E-state index is 0.136. The Hall–Kier alpha value is -2.86. The molecule has 3 aromatic carbocycles. The first-order chi connectivity index (χ1) is 15.6. The van der Waals surface area contributed by atoms with Gasteiger partial charge in [0.15, 0.2) is 5.75 Å². The summed E-state index contributed by atoms with van der Waals surface area (Å²) in [7, 11) is 0. The molecule has 2 heterocycles. The lowest BCUT2D eigenvalue weighted by atomic mass is 10.1. The molecule has 162 valence electrons. The maximum absolute atomic E-state index is 13.3. The van der Waals surface area contributed by atoms with Gasteiger partial charge < -0.3 is 14.7 Å². The van der Waals surface area contributed by atoms with Gasteiger partial charge in [0, 0.05) is 27.2 Å². The first-order valence-electron chi connectivity index (χ1n) is 10.6. The second-order valence-corrected chi connectivity index (χ2v) is 9.46. The number of carbonyl (C=O) groups excluding carboxylic acids is 1. The van der Waals surface area contributed by atoms with Crippen molar-refractivity contribution >= 4 is 38.8 Å². The van der Waals surface area contributed by atoms with Gasteiger partial charge in [0.25, 0.3) is 0 Å². The van der Waals surface area contributed by atoms with Crippen LogP contribution < -0.4 is 4.74 Å². The molecule has 1 aliphatic heterocycles. The van der Waals surface area contributed by atoms with Crippen molar-refractivity contribution < 1.29 is 14.6 Å². The van der Waals surface area contributed by atoms with Crippen molar-refractivity contribution in [1.29, 1.82) is 0 Å². The molecule has 0 saturated carbocycles. The molecular weight excluding hydrogens is 442 g/mol. The third-order valence-electron chi connectivity index (χ3n) is 5.75. The SMILES string of the molecule is O=C(c1ccc(Cl)cc1)c1sc2cc(O)ccc2c1Oc1ccc(CCN2CCC2)cc1. The van der Waals surface area contributed by atoms with Crippen molar-refractivity contribution in [1.82, 2.24) is 4.90 Å². The first kappa shape index (κ1) is 21.0. The number of likely N-dealkylation sites (tertiary alicyclic amines) is 1. The van der Waals surface area contributed by atoms with E-state index in [4.69, 9.17) is 16.3 Å². The molecule has 4 aromatic rings. The zero-order valence-corrected chi connectivity index (χ0v) is 19.0. The van der Waals surface area contributed by atoms with E-state index in [1.165, 1.54) is 36.4 Å². The lowest BCUT2D eigenvalue weighted by Crippen LogP contribution is -2.38. The van der Waals surface area contributed by atoms with Crippen molar-refractivity contribution in [3.8, 4) is 17.2 Å². The second-order valence-electron chi connectivity index (χ2n) is 7.97. The number of phenols is 1. The Morgan fingerprint density at radius 3 is 2.47 bits per heavy atom. The number of fused-ring (bicyclic) bond motifs is 1. The van der Waals surface area contributed by atoms with Crippen LogP contribution in [0.1, 0.15) is 27.2 Å². The Morgan fingerprint density at radius 1 is 1.03 bits per heavy atom. The number of halogens is 1. The van der Waals surface area contributed by atoms with Gasteiger partial charge in [0.1, 0.15) is 16.4 Å². The van der Waals surface area contributed by atoms with E-state index in [-0.39, 0.29) is 11.5 Å². The Labute approximate surface area is 195 Å². The van der Waals surface area contributed by atoms with Gasteiger partial charge in [-0.15, -0.1) is 11.3 Å². The summed E-state index contributed by atoms with van der Waals surface area (Å²) in [4.78, 5) is 16.2. The highest BCUT2D eigenvalue weighted by Crippen LogP contribution is 2.42. The van der Waals surface area contributed by atoms with Gasteiger partial charge in [-0.25, -0.2) is 0 Å². The van der Waals surface area contributed by atoms with Crippen molar-refractivity contribution in [2.45, 2.75) is 12.8 Å². The van der Waals surface area contributed by atoms with Crippen LogP contribution in [0.15, 0.2) is 66.7 Å². The van der Waals surface area contributed by atoms with Crippen molar-refractivity contribution in [2.75, 3.05) is 19.6 Å². The summed E-state index contributed by atoms with van der Waals surface area (Å²) in [5.41, 5.74) is 1.80. The van der Waals surface area contributed by atoms with Gasteiger partial charge in [-0.2, -0.15) is 0 Å². The second kappa shape index (κ2) is 8.94. The molecule has 0 bridgehead atoms. The molecule has 1 saturated heterocycles. The predicted octanol–water partition coefficient (Wildman–Crippen LogP) is 6.53. The summed E-state index contributed by atoms with van der Waals surface area (Å²) in [5.74, 6) is 1.21. The Balaban J connectivity index is 1.44. The summed E-state index contributed by atoms with van der Waals surface area (Å²) in [6.45, 7) is 3.48. The van der Waals surface area contributed by atoms with Crippen LogP contribution in [-0.2, 0) is 6.42 Å². The van der Waals surface area contributed by atoms with Gasteiger partial charge in [-0.1, -0.05) is 23.7 Å². The van der Waals surface area contributed by atoms with E-state index >= 15 is 0 Å². The van der Waals surface area contributed by atoms with Crippen molar-refractivity contribution in [3.63, 3.8) is 0 Å². The number of hydrogen-bond acceptors (Lipinski definition) is 5. The minimum atomic E-state index is -0.136. The van der Waals surface area contributed by atoms with E-state index in [1.807, 2.05) is 12.1 Å². The van der Waals surface area contributed by atoms with E-state index in [0.717, 1.165) is 23.1 Å². The van der Waals surface area contributed by atoms with Crippen LogP contribution in [0.3, 0.4) is 0 Å². The number of carbonyl (C=O) groups is 1. The van der Waals surface area contributed by atoms with E-state index in [2.05, 4.69) is 17.0 Å². The standard InChI is InChI=1S/C26H22ClNO3S/c27-19-6-4-18(5-7-19)24(30)26-25(22-11-8-20(29)16-23(22)32-26)31-21-9-2-17(3-10-21)12-15-28-13-1-14-28/h2-11,16,29H,1,12-15H2. The number of thiophene rings is 1. The number of hydrogen-bond donors (Lipinski definition) is 1. The summed E-state index contributed by atoms with van der Waals surface area (Å²) in [6.07, 6.45) is 2.32. The molecular formula is C26H22ClNO3S. The monoisotopic (exact) mass is 463 g/mol. The van der Waals surface area contributed by atoms with Gasteiger partial charge >= 0.3 is 0 Å². The molecule has 1 N–H and O–H groups in total. The number of benzene rings is 3. The molecule has 0 amide bonds. The number of aromatic hydroxyl groups is 1. The van der Waals surface area contributed by atoms with Gasteiger partial charge in [-0.05, 0) is 86.1 Å². The lowest BCUT2D eigenvalue weighted by Gasteiger charge is -2.30. The van der Waals surface area contributed by atoms with E-state index in [9.17, 15) is 9.90 Å². The molecule has 0 spiro atoms. The van der Waals surface area contributed by atoms with Gasteiger partial charge in [0.05, 0.1) is 0 Å². The molecule has 1 aliphatic rings. The average Bonchev–Trinajstić information content (AvgIpc) is 3.11. The largest absolute Gasteiger partial charge is 0.508 e. The predicted molar refractivity (Wildman–Crippen MR) is 130 cm³/mol. The molecule has 0 radical (unpaired) electrons. The average molecular weight is 464 g/mol. The van der Waals surface area contributed by atoms with Gasteiger partial charge in [0.2, 0.25) is 5.78 Å². The van der Waals surface area contributed by atoms with E-state index in [0.29, 0.717) is 27.0 Å². The Kier molecular flexibility index (Phi) is 5.87. The molecule has 0 atom stereocenters. The Bertz CT molecular complexity index is 1260. The van der Waals surface area contributed by atoms with Crippen molar-refractivity contribution in [3.05, 3.63) is 87.8 Å². The fraction of sp³-hybridized carbons (Fsp3) is 0.192. The molecule has 5 rings (SSSR count). The zero-order valence-electron chi connectivity index (χ0n) is 17.4. The molecule has 4 nitrogen and oxygen atoms in total. The summed E-state index contributed by atoms with van der Waals surface area (Å²) in [6, 6.07) is 19.9. The molecule has 6 heteroatoms. The lowest BCUT2D eigenvalue weighted by molar-refractivity contribution is 0.104. The van der Waals surface area contributed by atoms with Crippen LogP contribution in [0, 0.1) is 0 Å². The highest BCUT2D eigenvalue weighted by Gasteiger charge is 2.22. The van der Waals surface area contributed by atoms with Crippen LogP contribution in [0.2, 0.25) is 5.02 Å². The summed E-state index contributed by atoms with van der Waals surface area (Å²) < 4.78 is 7.05. The van der Waals surface area contributed by atoms with Gasteiger partial charge in [-0.3, -0.25) is 4.79 Å². The minimum Gasteiger partial charge on any atom is -0.508 e. The summed E-state index contributed by atoms with van der Waals surface area (Å²) >= 11 is 7.30. The normalized spacial score (nSPS) is 13.8. The third kappa shape index (κ3) is 4.37. The Morgan fingerprint density at radius 2 is 1.78 bits per heavy atom. The number of ether oxygens (including phenoxy) is 1. The highest BCUT2D eigenvalue weighted by atomic mass is 35.5. The fourth-order valence-electron chi connectivity index (χ4n) is 3.78. The molecule has 32 heavy (non-hydrogen) atoms. The first-order valence-corrected chi connectivity index (χ1v) is 11.8. The number of phenolic OH excluding ortho intramolecular Hbond substituents is 1. The molecule has 1 aromatic heterocycles. The quantitative estimate of drug-likeness (QED) is 0.316. The molecule has 0 unspecified atom stereocenters. The number of nitrogens with zero attached hydrogens (tertiary/aromatic N) is 1. The summed E-state index contributed by atoms with van der Waals surface area (Å²) in [5, 5.41) is 11.3. The van der Waals surface area contributed by atoms with E-state index in [1.54, 1.807) is 42.5 Å². The number of ketones is 1. The number of rotatable bonds is 7. The van der Waals surface area contributed by atoms with Crippen molar-refractivity contribution in [2.24, 2.45) is 0 Å². The van der Waals surface area contributed by atoms with Crippen LogP contribution in [0.4, 0.5) is 0 Å². The maximum atomic E-state index is 13.3. The third-order valence-corrected chi connectivity index (χ3v) is 7.13. The van der Waals surface area contributed by atoms with Crippen LogP contribution in [-0.4, -0.2) is 35.4 Å². The maximum Gasteiger partial charge on any atom is 0.206 e. The fourth-order valence-corrected chi connectivity index (χ4v) is 5.03. The van der Waals surface area contributed by atoms with Crippen LogP contribution in [0.25, 0.3) is 10.1 Å². The van der Waals surface area contributed by atoms with E-state index < -0.39 is 0 Å². The molecule has 1 fully saturated rings.